The summed E-state index contributed by atoms with van der Waals surface area (Å²) in [6.45, 7) is 1.94. The number of ether oxygens (including phenoxy) is 2. The number of aryl methyl sites for hydroxylation is 1. The van der Waals surface area contributed by atoms with Gasteiger partial charge in [-0.1, -0.05) is 17.3 Å². The topological polar surface area (TPSA) is 92.3 Å². The second-order valence-electron chi connectivity index (χ2n) is 6.95. The van der Waals surface area contributed by atoms with Gasteiger partial charge in [0.05, 0.1) is 11.2 Å². The summed E-state index contributed by atoms with van der Waals surface area (Å²) in [7, 11) is 0. The molecule has 2 N–H and O–H groups in total. The maximum absolute atomic E-state index is 12.2. The van der Waals surface area contributed by atoms with E-state index in [4.69, 9.17) is 10.5 Å². The lowest BCUT2D eigenvalue weighted by Crippen LogP contribution is -2.17. The second kappa shape index (κ2) is 8.22. The van der Waals surface area contributed by atoms with Crippen LogP contribution in [0.15, 0.2) is 60.7 Å². The van der Waals surface area contributed by atoms with Crippen LogP contribution in [0.5, 0.6) is 11.5 Å². The Kier molecular flexibility index (Phi) is 5.43. The van der Waals surface area contributed by atoms with Gasteiger partial charge in [-0.05, 0) is 66.6 Å². The average Bonchev–Trinajstić information content (AvgIpc) is 3.18. The summed E-state index contributed by atoms with van der Waals surface area (Å²) >= 11 is 0. The summed E-state index contributed by atoms with van der Waals surface area (Å²) in [5.74, 6) is -0.243. The van der Waals surface area contributed by atoms with Crippen molar-refractivity contribution in [3.05, 3.63) is 77.4 Å². The Morgan fingerprint density at radius 2 is 1.66 bits per heavy atom. The first kappa shape index (κ1) is 21.2. The molecule has 4 aromatic rings. The predicted octanol–water partition coefficient (Wildman–Crippen LogP) is 4.31. The molecule has 0 bridgehead atoms. The normalized spacial score (nSPS) is 11.5. The molecule has 0 aliphatic carbocycles. The predicted molar refractivity (Wildman–Crippen MR) is 110 cm³/mol. The van der Waals surface area contributed by atoms with Crippen LogP contribution in [-0.4, -0.2) is 27.3 Å². The average molecular weight is 442 g/mol. The van der Waals surface area contributed by atoms with Crippen LogP contribution in [0.2, 0.25) is 0 Å². The van der Waals surface area contributed by atoms with Crippen molar-refractivity contribution in [2.45, 2.75) is 19.9 Å². The monoisotopic (exact) mass is 442 g/mol. The second-order valence-corrected chi connectivity index (χ2v) is 6.95. The number of hydrogen-bond acceptors (Lipinski definition) is 5. The number of hydrogen-bond donors (Lipinski definition) is 1. The van der Waals surface area contributed by atoms with Crippen molar-refractivity contribution in [1.29, 1.82) is 0 Å². The van der Waals surface area contributed by atoms with Crippen molar-refractivity contribution >= 4 is 16.9 Å². The molecule has 0 aliphatic rings. The maximum atomic E-state index is 12.2. The molecule has 0 fully saturated rings. The van der Waals surface area contributed by atoms with E-state index in [9.17, 15) is 18.0 Å². The molecular formula is C22H17F3N4O3. The standard InChI is InChI=1S/C22H17F3N4O3/c1-13-18(21(26)30)10-11-19-20(13)27-28-29(19)15-4-8-16(9-5-15)31-12-14-2-6-17(7-3-14)32-22(23,24)25/h2-11H,12H2,1H3,(H2,26,30). The number of carbonyl (C=O) groups is 1. The van der Waals surface area contributed by atoms with E-state index in [0.29, 0.717) is 28.0 Å². The van der Waals surface area contributed by atoms with E-state index >= 15 is 0 Å². The highest BCUT2D eigenvalue weighted by molar-refractivity contribution is 5.98. The van der Waals surface area contributed by atoms with Crippen molar-refractivity contribution in [1.82, 2.24) is 15.0 Å². The molecule has 1 amide bonds. The van der Waals surface area contributed by atoms with Gasteiger partial charge < -0.3 is 15.2 Å². The Balaban J connectivity index is 1.46. The molecule has 32 heavy (non-hydrogen) atoms. The summed E-state index contributed by atoms with van der Waals surface area (Å²) in [6.07, 6.45) is -4.72. The SMILES string of the molecule is Cc1c(C(N)=O)ccc2c1nnn2-c1ccc(OCc2ccc(OC(F)(F)F)cc2)cc1. The van der Waals surface area contributed by atoms with Crippen molar-refractivity contribution < 1.29 is 27.4 Å². The van der Waals surface area contributed by atoms with Gasteiger partial charge in [0.2, 0.25) is 5.91 Å². The van der Waals surface area contributed by atoms with Crippen molar-refractivity contribution in [2.24, 2.45) is 5.73 Å². The molecule has 10 heteroatoms. The van der Waals surface area contributed by atoms with Crippen LogP contribution in [0, 0.1) is 6.92 Å². The minimum atomic E-state index is -4.72. The number of nitrogens with two attached hydrogens (primary N) is 1. The van der Waals surface area contributed by atoms with Crippen LogP contribution in [0.4, 0.5) is 13.2 Å². The first-order valence-electron chi connectivity index (χ1n) is 9.44. The Morgan fingerprint density at radius 3 is 2.28 bits per heavy atom. The molecule has 0 spiro atoms. The van der Waals surface area contributed by atoms with Crippen LogP contribution in [0.1, 0.15) is 21.5 Å². The van der Waals surface area contributed by atoms with Crippen LogP contribution >= 0.6 is 0 Å². The van der Waals surface area contributed by atoms with Gasteiger partial charge in [0, 0.05) is 5.56 Å². The molecule has 1 heterocycles. The lowest BCUT2D eigenvalue weighted by molar-refractivity contribution is -0.274. The fourth-order valence-corrected chi connectivity index (χ4v) is 3.22. The minimum absolute atomic E-state index is 0.174. The van der Waals surface area contributed by atoms with Gasteiger partial charge in [-0.3, -0.25) is 4.79 Å². The third-order valence-electron chi connectivity index (χ3n) is 4.78. The summed E-state index contributed by atoms with van der Waals surface area (Å²) in [6, 6.07) is 15.9. The molecule has 4 rings (SSSR count). The van der Waals surface area contributed by atoms with Gasteiger partial charge in [0.25, 0.3) is 0 Å². The van der Waals surface area contributed by atoms with Gasteiger partial charge in [0.15, 0.2) is 0 Å². The molecule has 7 nitrogen and oxygen atoms in total. The van der Waals surface area contributed by atoms with Gasteiger partial charge in [0.1, 0.15) is 23.6 Å². The van der Waals surface area contributed by atoms with E-state index in [2.05, 4.69) is 15.0 Å². The van der Waals surface area contributed by atoms with Gasteiger partial charge in [-0.2, -0.15) is 0 Å². The Bertz CT molecular complexity index is 1270. The highest BCUT2D eigenvalue weighted by Gasteiger charge is 2.30. The fourth-order valence-electron chi connectivity index (χ4n) is 3.22. The number of fused-ring (bicyclic) bond motifs is 1. The minimum Gasteiger partial charge on any atom is -0.489 e. The highest BCUT2D eigenvalue weighted by atomic mass is 19.4. The van der Waals surface area contributed by atoms with E-state index < -0.39 is 12.3 Å². The Hall–Kier alpha value is -4.08. The zero-order valence-corrected chi connectivity index (χ0v) is 16.8. The third kappa shape index (κ3) is 4.48. The first-order chi connectivity index (χ1) is 15.2. The number of amides is 1. The highest BCUT2D eigenvalue weighted by Crippen LogP contribution is 2.25. The lowest BCUT2D eigenvalue weighted by Gasteiger charge is -2.10. The molecule has 0 radical (unpaired) electrons. The van der Waals surface area contributed by atoms with Crippen LogP contribution in [0.3, 0.4) is 0 Å². The number of rotatable bonds is 6. The van der Waals surface area contributed by atoms with Gasteiger partial charge in [-0.25, -0.2) is 4.68 Å². The number of halogens is 3. The molecular weight excluding hydrogens is 425 g/mol. The summed E-state index contributed by atoms with van der Waals surface area (Å²) in [5, 5.41) is 8.32. The third-order valence-corrected chi connectivity index (χ3v) is 4.78. The molecule has 0 atom stereocenters. The Labute approximate surface area is 180 Å². The van der Waals surface area contributed by atoms with Crippen molar-refractivity contribution in [3.63, 3.8) is 0 Å². The van der Waals surface area contributed by atoms with E-state index in [1.54, 1.807) is 48.0 Å². The maximum Gasteiger partial charge on any atom is 0.573 e. The fraction of sp³-hybridized carbons (Fsp3) is 0.136. The number of aromatic nitrogens is 3. The van der Waals surface area contributed by atoms with Crippen molar-refractivity contribution in [2.75, 3.05) is 0 Å². The van der Waals surface area contributed by atoms with Gasteiger partial charge in [-0.15, -0.1) is 18.3 Å². The quantitative estimate of drug-likeness (QED) is 0.481. The summed E-state index contributed by atoms with van der Waals surface area (Å²) < 4.78 is 47.9. The molecule has 0 aliphatic heterocycles. The van der Waals surface area contributed by atoms with Gasteiger partial charge >= 0.3 is 6.36 Å². The van der Waals surface area contributed by atoms with Crippen LogP contribution in [-0.2, 0) is 6.61 Å². The number of primary amides is 1. The largest absolute Gasteiger partial charge is 0.573 e. The number of carbonyl (C=O) groups excluding carboxylic acids is 1. The number of benzene rings is 3. The smallest absolute Gasteiger partial charge is 0.489 e. The van der Waals surface area contributed by atoms with E-state index in [-0.39, 0.29) is 12.4 Å². The number of alkyl halides is 3. The molecule has 1 aromatic heterocycles. The zero-order chi connectivity index (χ0) is 22.9. The Morgan fingerprint density at radius 1 is 1.00 bits per heavy atom. The van der Waals surface area contributed by atoms with E-state index in [1.165, 1.54) is 24.3 Å². The lowest BCUT2D eigenvalue weighted by atomic mass is 10.1. The van der Waals surface area contributed by atoms with Crippen LogP contribution < -0.4 is 15.2 Å². The molecule has 0 saturated heterocycles. The molecule has 3 aromatic carbocycles. The van der Waals surface area contributed by atoms with Crippen LogP contribution in [0.25, 0.3) is 16.7 Å². The van der Waals surface area contributed by atoms with E-state index in [1.807, 2.05) is 0 Å². The molecule has 164 valence electrons. The number of nitrogens with zero attached hydrogens (tertiary/aromatic N) is 3. The van der Waals surface area contributed by atoms with Crippen molar-refractivity contribution in [3.8, 4) is 17.2 Å². The molecule has 0 unspecified atom stereocenters. The summed E-state index contributed by atoms with van der Waals surface area (Å²) in [5.41, 5.74) is 9.17. The first-order valence-corrected chi connectivity index (χ1v) is 9.44. The molecule has 0 saturated carbocycles. The zero-order valence-electron chi connectivity index (χ0n) is 16.8. The van der Waals surface area contributed by atoms with E-state index in [0.717, 1.165) is 11.2 Å². The summed E-state index contributed by atoms with van der Waals surface area (Å²) in [4.78, 5) is 11.5.